The number of aryl methyl sites for hydroxylation is 2. The summed E-state index contributed by atoms with van der Waals surface area (Å²) in [5, 5.41) is 1.17. The molecule has 214 valence electrons. The molecule has 0 bridgehead atoms. The number of aromatic nitrogens is 3. The van der Waals surface area contributed by atoms with Gasteiger partial charge in [0.1, 0.15) is 12.1 Å². The second-order valence-electron chi connectivity index (χ2n) is 12.3. The lowest BCUT2D eigenvalue weighted by Gasteiger charge is -2.55. The van der Waals surface area contributed by atoms with Crippen LogP contribution in [-0.2, 0) is 22.9 Å². The fraction of sp³-hybridized carbons (Fsp3) is 0.581. The van der Waals surface area contributed by atoms with E-state index < -0.39 is 10.0 Å². The van der Waals surface area contributed by atoms with Crippen LogP contribution in [0.1, 0.15) is 56.6 Å². The highest BCUT2D eigenvalue weighted by molar-refractivity contribution is 7.89. The molecule has 0 atom stereocenters. The van der Waals surface area contributed by atoms with Crippen molar-refractivity contribution >= 4 is 26.7 Å². The Labute approximate surface area is 238 Å². The van der Waals surface area contributed by atoms with E-state index in [0.717, 1.165) is 69.5 Å². The van der Waals surface area contributed by atoms with Gasteiger partial charge in [-0.2, -0.15) is 0 Å². The van der Waals surface area contributed by atoms with Crippen molar-refractivity contribution in [2.24, 2.45) is 11.3 Å². The second-order valence-corrected chi connectivity index (χ2v) is 14.3. The fourth-order valence-electron chi connectivity index (χ4n) is 6.94. The molecule has 9 heteroatoms. The van der Waals surface area contributed by atoms with Crippen LogP contribution in [0, 0.1) is 11.3 Å². The number of likely N-dealkylation sites (tertiary alicyclic amines) is 1. The van der Waals surface area contributed by atoms with Crippen molar-refractivity contribution in [1.82, 2.24) is 24.6 Å². The lowest BCUT2D eigenvalue weighted by molar-refractivity contribution is 0.0621. The van der Waals surface area contributed by atoms with E-state index in [9.17, 15) is 8.42 Å². The highest BCUT2D eigenvalue weighted by atomic mass is 32.2. The molecule has 40 heavy (non-hydrogen) atoms. The predicted octanol–water partition coefficient (Wildman–Crippen LogP) is 4.21. The highest BCUT2D eigenvalue weighted by Crippen LogP contribution is 2.44. The van der Waals surface area contributed by atoms with Crippen molar-refractivity contribution in [2.75, 3.05) is 43.4 Å². The van der Waals surface area contributed by atoms with Gasteiger partial charge in [0.25, 0.3) is 0 Å². The van der Waals surface area contributed by atoms with Crippen LogP contribution in [0.3, 0.4) is 0 Å². The monoisotopic (exact) mass is 562 g/mol. The number of nitrogens with zero attached hydrogens (tertiary/aromatic N) is 5. The van der Waals surface area contributed by atoms with Crippen LogP contribution in [0.2, 0.25) is 0 Å². The quantitative estimate of drug-likeness (QED) is 0.418. The third-order valence-electron chi connectivity index (χ3n) is 9.49. The number of pyridine rings is 1. The van der Waals surface area contributed by atoms with Gasteiger partial charge >= 0.3 is 0 Å². The molecule has 3 aromatic rings. The van der Waals surface area contributed by atoms with Gasteiger partial charge in [-0.25, -0.2) is 23.1 Å². The summed E-state index contributed by atoms with van der Waals surface area (Å²) in [6, 6.07) is 10.9. The van der Waals surface area contributed by atoms with E-state index in [-0.39, 0.29) is 11.8 Å². The molecule has 0 unspecified atom stereocenters. The summed E-state index contributed by atoms with van der Waals surface area (Å²) in [5.74, 6) is 1.94. The van der Waals surface area contributed by atoms with Crippen LogP contribution in [0.5, 0.6) is 0 Å². The number of piperidine rings is 1. The molecular weight excluding hydrogens is 520 g/mol. The summed E-state index contributed by atoms with van der Waals surface area (Å²) in [7, 11) is -3.10. The van der Waals surface area contributed by atoms with Crippen LogP contribution in [-0.4, -0.2) is 72.8 Å². The van der Waals surface area contributed by atoms with E-state index in [1.54, 1.807) is 13.3 Å². The number of sulfonamides is 1. The number of hydrogen-bond acceptors (Lipinski definition) is 7. The Morgan fingerprint density at radius 2 is 1.68 bits per heavy atom. The number of anilines is 1. The van der Waals surface area contributed by atoms with Gasteiger partial charge in [0.15, 0.2) is 0 Å². The van der Waals surface area contributed by atoms with Crippen LogP contribution in [0.4, 0.5) is 5.82 Å². The van der Waals surface area contributed by atoms with Crippen LogP contribution < -0.4 is 9.62 Å². The minimum atomic E-state index is -3.10. The van der Waals surface area contributed by atoms with E-state index in [0.29, 0.717) is 11.3 Å². The Morgan fingerprint density at radius 3 is 2.40 bits per heavy atom. The molecule has 4 heterocycles. The second kappa shape index (κ2) is 11.7. The third kappa shape index (κ3) is 6.31. The Hall–Kier alpha value is -2.62. The van der Waals surface area contributed by atoms with E-state index in [1.165, 1.54) is 42.4 Å². The number of hydrogen-bond donors (Lipinski definition) is 1. The normalized spacial score (nSPS) is 23.4. The van der Waals surface area contributed by atoms with Gasteiger partial charge in [0.2, 0.25) is 10.0 Å². The average molecular weight is 563 g/mol. The predicted molar refractivity (Wildman–Crippen MR) is 160 cm³/mol. The standard InChI is InChI=1S/C31H42N6O2S/c1-2-40(38,39)35-27-8-5-26(6-9-27)20-36-17-13-31(14-18-36)21-37(22-31)30-28-19-25(7-10-29(28)33-23-34-30)4-3-24-11-15-32-16-12-24/h7,10-12,15-16,19,23,26-27,35H,2-6,8-9,13-14,17-18,20-22H2,1H3. The molecule has 2 saturated heterocycles. The van der Waals surface area contributed by atoms with Crippen molar-refractivity contribution in [3.8, 4) is 0 Å². The topological polar surface area (TPSA) is 91.3 Å². The molecule has 3 aliphatic rings. The Kier molecular flexibility index (Phi) is 8.06. The van der Waals surface area contributed by atoms with Crippen molar-refractivity contribution in [3.63, 3.8) is 0 Å². The molecule has 1 spiro atoms. The third-order valence-corrected chi connectivity index (χ3v) is 10.9. The number of nitrogens with one attached hydrogen (secondary N) is 1. The number of benzene rings is 1. The summed E-state index contributed by atoms with van der Waals surface area (Å²) in [6.45, 7) is 7.36. The van der Waals surface area contributed by atoms with Gasteiger partial charge in [0.05, 0.1) is 11.3 Å². The molecule has 2 aromatic heterocycles. The van der Waals surface area contributed by atoms with Crippen molar-refractivity contribution in [3.05, 3.63) is 60.2 Å². The first-order chi connectivity index (χ1) is 19.4. The zero-order valence-electron chi connectivity index (χ0n) is 23.6. The van der Waals surface area contributed by atoms with Gasteiger partial charge in [-0.3, -0.25) is 4.98 Å². The first-order valence-corrected chi connectivity index (χ1v) is 16.7. The first-order valence-electron chi connectivity index (χ1n) is 15.0. The summed E-state index contributed by atoms with van der Waals surface area (Å²) < 4.78 is 26.7. The first kappa shape index (κ1) is 27.5. The summed E-state index contributed by atoms with van der Waals surface area (Å²) in [6.07, 6.45) is 14.1. The summed E-state index contributed by atoms with van der Waals surface area (Å²) in [5.41, 5.74) is 4.05. The van der Waals surface area contributed by atoms with Gasteiger partial charge < -0.3 is 9.80 Å². The average Bonchev–Trinajstić information content (AvgIpc) is 2.96. The lowest BCUT2D eigenvalue weighted by Crippen LogP contribution is -2.61. The van der Waals surface area contributed by atoms with Gasteiger partial charge in [-0.1, -0.05) is 6.07 Å². The molecule has 1 aromatic carbocycles. The summed E-state index contributed by atoms with van der Waals surface area (Å²) in [4.78, 5) is 18.5. The largest absolute Gasteiger partial charge is 0.355 e. The molecule has 8 nitrogen and oxygen atoms in total. The Balaban J connectivity index is 1.00. The van der Waals surface area contributed by atoms with E-state index in [2.05, 4.69) is 54.8 Å². The van der Waals surface area contributed by atoms with Crippen LogP contribution >= 0.6 is 0 Å². The van der Waals surface area contributed by atoms with Gasteiger partial charge in [-0.05, 0) is 113 Å². The highest BCUT2D eigenvalue weighted by Gasteiger charge is 2.46. The maximum Gasteiger partial charge on any atom is 0.211 e. The molecule has 6 rings (SSSR count). The Morgan fingerprint density at radius 1 is 0.950 bits per heavy atom. The fourth-order valence-corrected chi connectivity index (χ4v) is 7.85. The Bertz CT molecular complexity index is 1390. The molecule has 1 aliphatic carbocycles. The molecule has 1 N–H and O–H groups in total. The summed E-state index contributed by atoms with van der Waals surface area (Å²) >= 11 is 0. The van der Waals surface area contributed by atoms with Crippen molar-refractivity contribution < 1.29 is 8.42 Å². The minimum Gasteiger partial charge on any atom is -0.355 e. The molecule has 3 fully saturated rings. The minimum absolute atomic E-state index is 0.127. The maximum absolute atomic E-state index is 11.9. The zero-order chi connectivity index (χ0) is 27.6. The molecule has 1 saturated carbocycles. The molecular formula is C31H42N6O2S. The van der Waals surface area contributed by atoms with Gasteiger partial charge in [-0.15, -0.1) is 0 Å². The molecule has 0 amide bonds. The van der Waals surface area contributed by atoms with Gasteiger partial charge in [0, 0.05) is 48.9 Å². The maximum atomic E-state index is 11.9. The smallest absolute Gasteiger partial charge is 0.211 e. The van der Waals surface area contributed by atoms with Crippen LogP contribution in [0.25, 0.3) is 10.9 Å². The molecule has 0 radical (unpaired) electrons. The van der Waals surface area contributed by atoms with E-state index in [1.807, 2.05) is 12.4 Å². The van der Waals surface area contributed by atoms with Crippen LogP contribution in [0.15, 0.2) is 49.1 Å². The SMILES string of the molecule is CCS(=O)(=O)NC1CCC(CN2CCC3(CC2)CN(c2ncnc4ccc(CCc5ccncc5)cc24)C3)CC1. The van der Waals surface area contributed by atoms with Crippen molar-refractivity contribution in [1.29, 1.82) is 0 Å². The molecule has 2 aliphatic heterocycles. The lowest BCUT2D eigenvalue weighted by atomic mass is 9.71. The number of rotatable bonds is 9. The van der Waals surface area contributed by atoms with E-state index in [4.69, 9.17) is 4.98 Å². The zero-order valence-corrected chi connectivity index (χ0v) is 24.5. The van der Waals surface area contributed by atoms with Crippen molar-refractivity contribution in [2.45, 2.75) is 64.3 Å². The number of fused-ring (bicyclic) bond motifs is 1. The van der Waals surface area contributed by atoms with E-state index >= 15 is 0 Å².